The van der Waals surface area contributed by atoms with Gasteiger partial charge in [0.15, 0.2) is 0 Å². The maximum Gasteiger partial charge on any atom is 0.0518 e. The highest BCUT2D eigenvalue weighted by atomic mass is 16.5. The van der Waals surface area contributed by atoms with E-state index in [0.29, 0.717) is 12.1 Å². The Balaban J connectivity index is 2.24. The molecule has 21 heavy (non-hydrogen) atoms. The summed E-state index contributed by atoms with van der Waals surface area (Å²) in [6.07, 6.45) is 3.81. The Morgan fingerprint density at radius 3 is 2.19 bits per heavy atom. The third-order valence-electron chi connectivity index (χ3n) is 3.60. The lowest BCUT2D eigenvalue weighted by atomic mass is 10.00. The lowest BCUT2D eigenvalue weighted by Crippen LogP contribution is -2.20. The largest absolute Gasteiger partial charge is 0.379 e. The molecule has 0 heterocycles. The van der Waals surface area contributed by atoms with E-state index in [4.69, 9.17) is 4.74 Å². The highest BCUT2D eigenvalue weighted by molar-refractivity contribution is 5.25. The fraction of sp³-hybridized carbons (Fsp3) is 0.684. The minimum atomic E-state index is 0.348. The molecule has 0 bridgehead atoms. The molecule has 0 saturated carbocycles. The summed E-state index contributed by atoms with van der Waals surface area (Å²) in [6, 6.07) is 9.48. The van der Waals surface area contributed by atoms with Gasteiger partial charge in [0.2, 0.25) is 0 Å². The van der Waals surface area contributed by atoms with E-state index in [9.17, 15) is 0 Å². The summed E-state index contributed by atoms with van der Waals surface area (Å²) in [5.74, 6) is 0.722. The van der Waals surface area contributed by atoms with Crippen molar-refractivity contribution in [2.24, 2.45) is 5.92 Å². The molecule has 0 aromatic heterocycles. The molecule has 0 saturated heterocycles. The SMILES string of the molecule is CC(C)Cc1ccc(C(C)NCCCCOC(C)C)cc1. The van der Waals surface area contributed by atoms with Crippen LogP contribution in [-0.4, -0.2) is 19.3 Å². The Hall–Kier alpha value is -0.860. The van der Waals surface area contributed by atoms with Crippen LogP contribution < -0.4 is 5.32 Å². The normalized spacial score (nSPS) is 13.1. The first-order valence-electron chi connectivity index (χ1n) is 8.43. The van der Waals surface area contributed by atoms with Crippen molar-refractivity contribution in [3.8, 4) is 0 Å². The van der Waals surface area contributed by atoms with Crippen LogP contribution in [-0.2, 0) is 11.2 Å². The van der Waals surface area contributed by atoms with Crippen LogP contribution in [0.5, 0.6) is 0 Å². The van der Waals surface area contributed by atoms with E-state index in [-0.39, 0.29) is 0 Å². The number of benzene rings is 1. The smallest absolute Gasteiger partial charge is 0.0518 e. The van der Waals surface area contributed by atoms with Gasteiger partial charge in [-0.1, -0.05) is 38.1 Å². The van der Waals surface area contributed by atoms with Gasteiger partial charge in [-0.05, 0) is 63.6 Å². The molecule has 1 unspecified atom stereocenters. The molecule has 1 aromatic rings. The first-order valence-corrected chi connectivity index (χ1v) is 8.43. The van der Waals surface area contributed by atoms with E-state index in [0.717, 1.165) is 31.9 Å². The van der Waals surface area contributed by atoms with Crippen LogP contribution in [0.1, 0.15) is 64.6 Å². The fourth-order valence-electron chi connectivity index (χ4n) is 2.40. The molecule has 120 valence electrons. The van der Waals surface area contributed by atoms with Gasteiger partial charge in [0.1, 0.15) is 0 Å². The average molecular weight is 291 g/mol. The lowest BCUT2D eigenvalue weighted by molar-refractivity contribution is 0.0759. The predicted octanol–water partition coefficient (Wildman–Crippen LogP) is 4.74. The lowest BCUT2D eigenvalue weighted by Gasteiger charge is -2.15. The Bertz CT molecular complexity index is 370. The van der Waals surface area contributed by atoms with E-state index in [1.807, 2.05) is 0 Å². The van der Waals surface area contributed by atoms with Crippen molar-refractivity contribution in [3.63, 3.8) is 0 Å². The molecule has 0 spiro atoms. The summed E-state index contributed by atoms with van der Waals surface area (Å²) in [5.41, 5.74) is 2.81. The molecule has 0 amide bonds. The summed E-state index contributed by atoms with van der Waals surface area (Å²) < 4.78 is 5.55. The third-order valence-corrected chi connectivity index (χ3v) is 3.60. The number of nitrogens with one attached hydrogen (secondary N) is 1. The van der Waals surface area contributed by atoms with Crippen LogP contribution in [0.15, 0.2) is 24.3 Å². The minimum Gasteiger partial charge on any atom is -0.379 e. The molecule has 0 aliphatic heterocycles. The van der Waals surface area contributed by atoms with Crippen LogP contribution in [0.2, 0.25) is 0 Å². The molecule has 1 rings (SSSR count). The Labute approximate surface area is 131 Å². The molecule has 0 fully saturated rings. The van der Waals surface area contributed by atoms with E-state index < -0.39 is 0 Å². The van der Waals surface area contributed by atoms with Crippen molar-refractivity contribution in [1.29, 1.82) is 0 Å². The second-order valence-electron chi connectivity index (χ2n) is 6.64. The molecule has 2 heteroatoms. The minimum absolute atomic E-state index is 0.348. The maximum atomic E-state index is 5.55. The number of hydrogen-bond acceptors (Lipinski definition) is 2. The van der Waals surface area contributed by atoms with Crippen LogP contribution >= 0.6 is 0 Å². The highest BCUT2D eigenvalue weighted by Crippen LogP contribution is 2.15. The van der Waals surface area contributed by atoms with Gasteiger partial charge in [0, 0.05) is 12.6 Å². The van der Waals surface area contributed by atoms with Gasteiger partial charge in [0.05, 0.1) is 6.10 Å². The Morgan fingerprint density at radius 2 is 1.62 bits per heavy atom. The van der Waals surface area contributed by atoms with Gasteiger partial charge in [0.25, 0.3) is 0 Å². The molecule has 1 aromatic carbocycles. The first-order chi connectivity index (χ1) is 9.99. The van der Waals surface area contributed by atoms with Crippen molar-refractivity contribution >= 4 is 0 Å². The Morgan fingerprint density at radius 1 is 0.952 bits per heavy atom. The second-order valence-corrected chi connectivity index (χ2v) is 6.64. The molecular formula is C19H33NO. The fourth-order valence-corrected chi connectivity index (χ4v) is 2.40. The standard InChI is InChI=1S/C19H33NO/c1-15(2)14-18-8-10-19(11-9-18)17(5)20-12-6-7-13-21-16(3)4/h8-11,15-17,20H,6-7,12-14H2,1-5H3. The van der Waals surface area contributed by atoms with Crippen molar-refractivity contribution < 1.29 is 4.74 Å². The molecule has 0 radical (unpaired) electrons. The van der Waals surface area contributed by atoms with Crippen LogP contribution in [0, 0.1) is 5.92 Å². The zero-order valence-corrected chi connectivity index (χ0v) is 14.5. The Kier molecular flexibility index (Phi) is 8.63. The van der Waals surface area contributed by atoms with Crippen molar-refractivity contribution in [3.05, 3.63) is 35.4 Å². The van der Waals surface area contributed by atoms with Crippen LogP contribution in [0.4, 0.5) is 0 Å². The van der Waals surface area contributed by atoms with Gasteiger partial charge in [-0.2, -0.15) is 0 Å². The van der Waals surface area contributed by atoms with Crippen molar-refractivity contribution in [1.82, 2.24) is 5.32 Å². The summed E-state index contributed by atoms with van der Waals surface area (Å²) in [5, 5.41) is 3.59. The number of ether oxygens (including phenoxy) is 1. The van der Waals surface area contributed by atoms with E-state index >= 15 is 0 Å². The zero-order chi connectivity index (χ0) is 15.7. The molecule has 2 nitrogen and oxygen atoms in total. The van der Waals surface area contributed by atoms with Gasteiger partial charge in [-0.3, -0.25) is 0 Å². The maximum absolute atomic E-state index is 5.55. The molecular weight excluding hydrogens is 258 g/mol. The topological polar surface area (TPSA) is 21.3 Å². The van der Waals surface area contributed by atoms with E-state index in [1.54, 1.807) is 0 Å². The van der Waals surface area contributed by atoms with E-state index in [2.05, 4.69) is 64.2 Å². The van der Waals surface area contributed by atoms with Gasteiger partial charge < -0.3 is 10.1 Å². The highest BCUT2D eigenvalue weighted by Gasteiger charge is 2.05. The average Bonchev–Trinajstić information content (AvgIpc) is 2.42. The number of rotatable bonds is 10. The summed E-state index contributed by atoms with van der Waals surface area (Å²) in [6.45, 7) is 12.9. The molecule has 0 aliphatic carbocycles. The van der Waals surface area contributed by atoms with Gasteiger partial charge in [-0.25, -0.2) is 0 Å². The zero-order valence-electron chi connectivity index (χ0n) is 14.5. The summed E-state index contributed by atoms with van der Waals surface area (Å²) in [7, 11) is 0. The number of unbranched alkanes of at least 4 members (excludes halogenated alkanes) is 1. The van der Waals surface area contributed by atoms with Crippen LogP contribution in [0.25, 0.3) is 0 Å². The monoisotopic (exact) mass is 291 g/mol. The van der Waals surface area contributed by atoms with Gasteiger partial charge >= 0.3 is 0 Å². The number of hydrogen-bond donors (Lipinski definition) is 1. The van der Waals surface area contributed by atoms with Gasteiger partial charge in [-0.15, -0.1) is 0 Å². The van der Waals surface area contributed by atoms with Crippen molar-refractivity contribution in [2.45, 2.75) is 66.0 Å². The molecule has 1 N–H and O–H groups in total. The third kappa shape index (κ3) is 8.23. The quantitative estimate of drug-likeness (QED) is 0.629. The van der Waals surface area contributed by atoms with Crippen LogP contribution in [0.3, 0.4) is 0 Å². The molecule has 0 aliphatic rings. The summed E-state index contributed by atoms with van der Waals surface area (Å²) >= 11 is 0. The predicted molar refractivity (Wildman–Crippen MR) is 91.7 cm³/mol. The van der Waals surface area contributed by atoms with Crippen molar-refractivity contribution in [2.75, 3.05) is 13.2 Å². The molecule has 1 atom stereocenters. The van der Waals surface area contributed by atoms with E-state index in [1.165, 1.54) is 17.5 Å². The second kappa shape index (κ2) is 9.97. The first kappa shape index (κ1) is 18.2. The summed E-state index contributed by atoms with van der Waals surface area (Å²) in [4.78, 5) is 0.